The Labute approximate surface area is 123 Å². The Bertz CT molecular complexity index is 677. The van der Waals surface area contributed by atoms with E-state index in [2.05, 4.69) is 4.90 Å². The molecule has 1 aliphatic carbocycles. The number of aliphatic hydroxyl groups is 1. The molecule has 0 radical (unpaired) electrons. The Morgan fingerprint density at radius 2 is 2.14 bits per heavy atom. The molecule has 4 heteroatoms. The summed E-state index contributed by atoms with van der Waals surface area (Å²) in [5.41, 5.74) is 1.43. The van der Waals surface area contributed by atoms with Crippen LogP contribution in [0, 0.1) is 11.8 Å². The molecule has 21 heavy (non-hydrogen) atoms. The number of rotatable bonds is 3. The van der Waals surface area contributed by atoms with Gasteiger partial charge in [-0.25, -0.2) is 0 Å². The minimum Gasteiger partial charge on any atom is -0.464 e. The van der Waals surface area contributed by atoms with Gasteiger partial charge in [0.15, 0.2) is 5.78 Å². The molecule has 4 nitrogen and oxygen atoms in total. The van der Waals surface area contributed by atoms with Crippen molar-refractivity contribution in [2.75, 3.05) is 19.6 Å². The van der Waals surface area contributed by atoms with Crippen molar-refractivity contribution in [3.8, 4) is 0 Å². The second-order valence-corrected chi connectivity index (χ2v) is 6.33. The highest BCUT2D eigenvalue weighted by atomic mass is 16.3. The fourth-order valence-corrected chi connectivity index (χ4v) is 3.94. The first-order chi connectivity index (χ1) is 10.2. The maximum atomic E-state index is 12.5. The van der Waals surface area contributed by atoms with E-state index in [-0.39, 0.29) is 11.9 Å². The first kappa shape index (κ1) is 13.0. The number of furan rings is 1. The molecule has 1 N–H and O–H groups in total. The number of hydrogen-bond donors (Lipinski definition) is 1. The van der Waals surface area contributed by atoms with Crippen molar-refractivity contribution in [1.82, 2.24) is 4.90 Å². The van der Waals surface area contributed by atoms with Crippen LogP contribution < -0.4 is 0 Å². The van der Waals surface area contributed by atoms with Gasteiger partial charge in [-0.2, -0.15) is 0 Å². The third kappa shape index (κ3) is 2.19. The highest BCUT2D eigenvalue weighted by Gasteiger charge is 2.42. The molecule has 4 rings (SSSR count). The van der Waals surface area contributed by atoms with E-state index in [1.807, 2.05) is 24.3 Å². The van der Waals surface area contributed by atoms with E-state index in [0.29, 0.717) is 23.9 Å². The minimum atomic E-state index is -0.176. The fourth-order valence-electron chi connectivity index (χ4n) is 3.94. The first-order valence-corrected chi connectivity index (χ1v) is 7.62. The normalized spacial score (nSPS) is 29.1. The monoisotopic (exact) mass is 285 g/mol. The number of carbonyl (C=O) groups is 1. The summed E-state index contributed by atoms with van der Waals surface area (Å²) in [7, 11) is 0. The van der Waals surface area contributed by atoms with E-state index < -0.39 is 0 Å². The molecule has 1 saturated heterocycles. The highest BCUT2D eigenvalue weighted by molar-refractivity contribution is 6.08. The van der Waals surface area contributed by atoms with Crippen LogP contribution >= 0.6 is 0 Å². The third-order valence-electron chi connectivity index (χ3n) is 5.04. The van der Waals surface area contributed by atoms with Crippen molar-refractivity contribution in [3.05, 3.63) is 36.1 Å². The molecule has 0 amide bonds. The van der Waals surface area contributed by atoms with Crippen LogP contribution in [0.5, 0.6) is 0 Å². The summed E-state index contributed by atoms with van der Waals surface area (Å²) in [4.78, 5) is 14.7. The van der Waals surface area contributed by atoms with E-state index in [1.165, 1.54) is 0 Å². The maximum absolute atomic E-state index is 12.5. The summed E-state index contributed by atoms with van der Waals surface area (Å²) in [5.74, 6) is 1.03. The zero-order valence-corrected chi connectivity index (χ0v) is 11.9. The van der Waals surface area contributed by atoms with Crippen LogP contribution in [0.1, 0.15) is 23.2 Å². The molecule has 0 spiro atoms. The summed E-state index contributed by atoms with van der Waals surface area (Å²) < 4.78 is 5.45. The standard InChI is InChI=1S/C17H19NO3/c19-15-6-5-11-7-18(8-13(11)15)9-16(20)14-10-21-17-4-2-1-3-12(14)17/h1-4,10-11,13,15,19H,5-9H2. The number of aliphatic hydroxyl groups excluding tert-OH is 1. The molecule has 1 saturated carbocycles. The van der Waals surface area contributed by atoms with Crippen molar-refractivity contribution < 1.29 is 14.3 Å². The average Bonchev–Trinajstić information content (AvgIpc) is 3.15. The van der Waals surface area contributed by atoms with Crippen LogP contribution in [0.15, 0.2) is 34.9 Å². The van der Waals surface area contributed by atoms with Crippen molar-refractivity contribution >= 4 is 16.8 Å². The highest BCUT2D eigenvalue weighted by Crippen LogP contribution is 2.38. The van der Waals surface area contributed by atoms with Gasteiger partial charge in [-0.1, -0.05) is 18.2 Å². The number of Topliss-reactive ketones (excluding diaryl/α,β-unsaturated/α-hetero) is 1. The number of para-hydroxylation sites is 1. The van der Waals surface area contributed by atoms with Crippen LogP contribution in [0.25, 0.3) is 11.0 Å². The van der Waals surface area contributed by atoms with E-state index >= 15 is 0 Å². The lowest BCUT2D eigenvalue weighted by molar-refractivity contribution is 0.0920. The zero-order valence-electron chi connectivity index (χ0n) is 11.9. The number of carbonyl (C=O) groups excluding carboxylic acids is 1. The molecule has 3 unspecified atom stereocenters. The van der Waals surface area contributed by atoms with Gasteiger partial charge < -0.3 is 9.52 Å². The number of fused-ring (bicyclic) bond motifs is 2. The van der Waals surface area contributed by atoms with Gasteiger partial charge in [-0.15, -0.1) is 0 Å². The molecule has 3 atom stereocenters. The van der Waals surface area contributed by atoms with Crippen molar-refractivity contribution in [1.29, 1.82) is 0 Å². The van der Waals surface area contributed by atoms with Crippen LogP contribution in [0.2, 0.25) is 0 Å². The number of hydrogen-bond acceptors (Lipinski definition) is 4. The van der Waals surface area contributed by atoms with Crippen molar-refractivity contribution in [2.45, 2.75) is 18.9 Å². The molecular formula is C17H19NO3. The number of nitrogens with zero attached hydrogens (tertiary/aromatic N) is 1. The molecule has 110 valence electrons. The van der Waals surface area contributed by atoms with Gasteiger partial charge in [0, 0.05) is 24.4 Å². The lowest BCUT2D eigenvalue weighted by Gasteiger charge is -2.16. The Morgan fingerprint density at radius 3 is 3.00 bits per heavy atom. The molecule has 1 aromatic heterocycles. The number of benzene rings is 1. The first-order valence-electron chi connectivity index (χ1n) is 7.62. The molecule has 0 bridgehead atoms. The Balaban J connectivity index is 1.49. The smallest absolute Gasteiger partial charge is 0.180 e. The number of likely N-dealkylation sites (tertiary alicyclic amines) is 1. The van der Waals surface area contributed by atoms with E-state index in [1.54, 1.807) is 6.26 Å². The van der Waals surface area contributed by atoms with E-state index in [4.69, 9.17) is 4.42 Å². The molecule has 1 aliphatic heterocycles. The van der Waals surface area contributed by atoms with Crippen LogP contribution in [-0.2, 0) is 0 Å². The Kier molecular flexibility index (Phi) is 3.08. The molecule has 2 heterocycles. The summed E-state index contributed by atoms with van der Waals surface area (Å²) in [6, 6.07) is 7.63. The second-order valence-electron chi connectivity index (χ2n) is 6.33. The number of ketones is 1. The van der Waals surface area contributed by atoms with E-state index in [9.17, 15) is 9.90 Å². The summed E-state index contributed by atoms with van der Waals surface area (Å²) >= 11 is 0. The Morgan fingerprint density at radius 1 is 1.29 bits per heavy atom. The quantitative estimate of drug-likeness (QED) is 0.879. The summed E-state index contributed by atoms with van der Waals surface area (Å²) in [5, 5.41) is 10.8. The summed E-state index contributed by atoms with van der Waals surface area (Å²) in [6.45, 7) is 2.19. The van der Waals surface area contributed by atoms with Gasteiger partial charge in [-0.3, -0.25) is 9.69 Å². The molecule has 2 fully saturated rings. The molecular weight excluding hydrogens is 266 g/mol. The topological polar surface area (TPSA) is 53.7 Å². The summed E-state index contributed by atoms with van der Waals surface area (Å²) in [6.07, 6.45) is 3.40. The third-order valence-corrected chi connectivity index (χ3v) is 5.04. The Hall–Kier alpha value is -1.65. The molecule has 2 aromatic rings. The maximum Gasteiger partial charge on any atom is 0.180 e. The van der Waals surface area contributed by atoms with Crippen molar-refractivity contribution in [3.63, 3.8) is 0 Å². The second kappa shape index (κ2) is 4.97. The predicted molar refractivity (Wildman–Crippen MR) is 79.2 cm³/mol. The zero-order chi connectivity index (χ0) is 14.4. The van der Waals surface area contributed by atoms with Gasteiger partial charge in [0.25, 0.3) is 0 Å². The van der Waals surface area contributed by atoms with Gasteiger partial charge in [0.05, 0.1) is 18.2 Å². The predicted octanol–water partition coefficient (Wildman–Crippen LogP) is 2.32. The molecule has 1 aromatic carbocycles. The van der Waals surface area contributed by atoms with Gasteiger partial charge >= 0.3 is 0 Å². The van der Waals surface area contributed by atoms with Gasteiger partial charge in [0.2, 0.25) is 0 Å². The lowest BCUT2D eigenvalue weighted by Crippen LogP contribution is -2.30. The van der Waals surface area contributed by atoms with Crippen molar-refractivity contribution in [2.24, 2.45) is 11.8 Å². The largest absolute Gasteiger partial charge is 0.464 e. The van der Waals surface area contributed by atoms with E-state index in [0.717, 1.165) is 36.9 Å². The fraction of sp³-hybridized carbons (Fsp3) is 0.471. The van der Waals surface area contributed by atoms with Crippen LogP contribution in [0.4, 0.5) is 0 Å². The minimum absolute atomic E-state index is 0.106. The van der Waals surface area contributed by atoms with Gasteiger partial charge in [0.1, 0.15) is 11.8 Å². The lowest BCUT2D eigenvalue weighted by atomic mass is 10.00. The molecule has 2 aliphatic rings. The average molecular weight is 285 g/mol. The van der Waals surface area contributed by atoms with Crippen LogP contribution in [-0.4, -0.2) is 41.5 Å². The van der Waals surface area contributed by atoms with Crippen LogP contribution in [0.3, 0.4) is 0 Å². The SMILES string of the molecule is O=C(CN1CC2CCC(O)C2C1)c1coc2ccccc12. The van der Waals surface area contributed by atoms with Gasteiger partial charge in [-0.05, 0) is 24.8 Å².